The van der Waals surface area contributed by atoms with Gasteiger partial charge < -0.3 is 10.0 Å². The molecular weight excluding hydrogens is 236 g/mol. The van der Waals surface area contributed by atoms with Crippen molar-refractivity contribution >= 4 is 5.69 Å². The first-order valence-corrected chi connectivity index (χ1v) is 7.32. The minimum atomic E-state index is -0.398. The molecule has 0 spiro atoms. The normalized spacial score (nSPS) is 18.9. The second-order valence-corrected chi connectivity index (χ2v) is 5.92. The van der Waals surface area contributed by atoms with Gasteiger partial charge in [0.1, 0.15) is 0 Å². The molecule has 1 heterocycles. The molecule has 0 aliphatic carbocycles. The quantitative estimate of drug-likeness (QED) is 0.903. The first-order chi connectivity index (χ1) is 9.08. The Morgan fingerprint density at radius 2 is 1.68 bits per heavy atom. The molecule has 0 bridgehead atoms. The van der Waals surface area contributed by atoms with Crippen LogP contribution in [0.25, 0.3) is 0 Å². The van der Waals surface area contributed by atoms with Gasteiger partial charge in [-0.2, -0.15) is 0 Å². The van der Waals surface area contributed by atoms with Crippen molar-refractivity contribution in [1.29, 1.82) is 0 Å². The van der Waals surface area contributed by atoms with Gasteiger partial charge in [-0.1, -0.05) is 32.0 Å². The van der Waals surface area contributed by atoms with Gasteiger partial charge >= 0.3 is 0 Å². The van der Waals surface area contributed by atoms with Crippen LogP contribution in [0.5, 0.6) is 0 Å². The Labute approximate surface area is 116 Å². The maximum absolute atomic E-state index is 9.87. The molecule has 0 radical (unpaired) electrons. The van der Waals surface area contributed by atoms with Crippen LogP contribution in [0.2, 0.25) is 0 Å². The van der Waals surface area contributed by atoms with Gasteiger partial charge in [0.25, 0.3) is 0 Å². The van der Waals surface area contributed by atoms with Gasteiger partial charge in [0.05, 0.1) is 6.10 Å². The van der Waals surface area contributed by atoms with Gasteiger partial charge in [0.15, 0.2) is 0 Å². The van der Waals surface area contributed by atoms with E-state index in [1.54, 1.807) is 0 Å². The average molecular weight is 262 g/mol. The van der Waals surface area contributed by atoms with Gasteiger partial charge in [-0.05, 0) is 18.9 Å². The van der Waals surface area contributed by atoms with E-state index in [4.69, 9.17) is 0 Å². The van der Waals surface area contributed by atoms with Crippen molar-refractivity contribution in [1.82, 2.24) is 4.90 Å². The third kappa shape index (κ3) is 3.71. The van der Waals surface area contributed by atoms with E-state index in [2.05, 4.69) is 35.8 Å². The van der Waals surface area contributed by atoms with Crippen molar-refractivity contribution in [2.75, 3.05) is 37.6 Å². The van der Waals surface area contributed by atoms with Crippen molar-refractivity contribution in [3.05, 3.63) is 29.8 Å². The Bertz CT molecular complexity index is 395. The highest BCUT2D eigenvalue weighted by molar-refractivity contribution is 5.54. The van der Waals surface area contributed by atoms with E-state index in [-0.39, 0.29) is 0 Å². The van der Waals surface area contributed by atoms with Crippen LogP contribution in [0, 0.1) is 5.92 Å². The molecule has 1 aromatic rings. The number of aliphatic hydroxyl groups excluding tert-OH is 1. The van der Waals surface area contributed by atoms with Crippen LogP contribution in [0.4, 0.5) is 5.69 Å². The van der Waals surface area contributed by atoms with Crippen molar-refractivity contribution < 1.29 is 5.11 Å². The summed E-state index contributed by atoms with van der Waals surface area (Å²) in [6.45, 7) is 11.9. The number of para-hydroxylation sites is 1. The number of anilines is 1. The zero-order valence-corrected chi connectivity index (χ0v) is 12.3. The molecule has 106 valence electrons. The number of benzene rings is 1. The van der Waals surface area contributed by atoms with Crippen LogP contribution < -0.4 is 4.90 Å². The maximum Gasteiger partial charge on any atom is 0.0781 e. The van der Waals surface area contributed by atoms with Crippen LogP contribution in [-0.4, -0.2) is 42.7 Å². The Balaban J connectivity index is 2.02. The zero-order valence-electron chi connectivity index (χ0n) is 12.3. The summed E-state index contributed by atoms with van der Waals surface area (Å²) in [7, 11) is 0. The van der Waals surface area contributed by atoms with Crippen LogP contribution in [0.1, 0.15) is 32.4 Å². The van der Waals surface area contributed by atoms with Gasteiger partial charge in [0, 0.05) is 44.0 Å². The molecule has 1 aliphatic rings. The molecule has 1 unspecified atom stereocenters. The third-order valence-electron chi connectivity index (χ3n) is 3.72. The molecular formula is C16H26N2O. The Morgan fingerprint density at radius 3 is 2.26 bits per heavy atom. The monoisotopic (exact) mass is 262 g/mol. The van der Waals surface area contributed by atoms with Gasteiger partial charge in [0.2, 0.25) is 0 Å². The van der Waals surface area contributed by atoms with Crippen molar-refractivity contribution in [3.63, 3.8) is 0 Å². The SMILES string of the molecule is CC(C)CN1CCN(c2ccccc2C(C)O)CC1. The van der Waals surface area contributed by atoms with Gasteiger partial charge in [-0.15, -0.1) is 0 Å². The Kier molecular flexibility index (Phi) is 4.83. The molecule has 2 rings (SSSR count). The van der Waals surface area contributed by atoms with Crippen molar-refractivity contribution in [3.8, 4) is 0 Å². The van der Waals surface area contributed by atoms with E-state index in [9.17, 15) is 5.11 Å². The molecule has 1 saturated heterocycles. The summed E-state index contributed by atoms with van der Waals surface area (Å²) < 4.78 is 0. The fourth-order valence-corrected chi connectivity index (χ4v) is 2.82. The average Bonchev–Trinajstić information content (AvgIpc) is 2.39. The van der Waals surface area contributed by atoms with Crippen molar-refractivity contribution in [2.24, 2.45) is 5.92 Å². The first kappa shape index (κ1) is 14.4. The van der Waals surface area contributed by atoms with Gasteiger partial charge in [-0.25, -0.2) is 0 Å². The van der Waals surface area contributed by atoms with Gasteiger partial charge in [-0.3, -0.25) is 4.90 Å². The second-order valence-electron chi connectivity index (χ2n) is 5.92. The van der Waals surface area contributed by atoms with Crippen LogP contribution in [0.15, 0.2) is 24.3 Å². The zero-order chi connectivity index (χ0) is 13.8. The highest BCUT2D eigenvalue weighted by Crippen LogP contribution is 2.27. The molecule has 1 atom stereocenters. The lowest BCUT2D eigenvalue weighted by atomic mass is 10.1. The number of rotatable bonds is 4. The van der Waals surface area contributed by atoms with E-state index < -0.39 is 6.10 Å². The van der Waals surface area contributed by atoms with Crippen molar-refractivity contribution in [2.45, 2.75) is 26.9 Å². The molecule has 1 fully saturated rings. The molecule has 19 heavy (non-hydrogen) atoms. The molecule has 1 aromatic carbocycles. The highest BCUT2D eigenvalue weighted by Gasteiger charge is 2.20. The summed E-state index contributed by atoms with van der Waals surface area (Å²) in [5.74, 6) is 0.733. The minimum absolute atomic E-state index is 0.398. The molecule has 3 nitrogen and oxygen atoms in total. The predicted octanol–water partition coefficient (Wildman–Crippen LogP) is 2.52. The van der Waals surface area contributed by atoms with E-state index in [0.29, 0.717) is 0 Å². The summed E-state index contributed by atoms with van der Waals surface area (Å²) in [6.07, 6.45) is -0.398. The minimum Gasteiger partial charge on any atom is -0.389 e. The molecule has 3 heteroatoms. The number of aliphatic hydroxyl groups is 1. The predicted molar refractivity (Wildman–Crippen MR) is 80.6 cm³/mol. The summed E-state index contributed by atoms with van der Waals surface area (Å²) in [4.78, 5) is 4.94. The van der Waals surface area contributed by atoms with E-state index in [0.717, 1.165) is 37.7 Å². The fourth-order valence-electron chi connectivity index (χ4n) is 2.82. The highest BCUT2D eigenvalue weighted by atomic mass is 16.3. The topological polar surface area (TPSA) is 26.7 Å². The van der Waals surface area contributed by atoms with E-state index in [1.807, 2.05) is 19.1 Å². The lowest BCUT2D eigenvalue weighted by molar-refractivity contribution is 0.198. The molecule has 0 amide bonds. The lowest BCUT2D eigenvalue weighted by Crippen LogP contribution is -2.47. The summed E-state index contributed by atoms with van der Waals surface area (Å²) >= 11 is 0. The summed E-state index contributed by atoms with van der Waals surface area (Å²) in [5, 5.41) is 9.87. The van der Waals surface area contributed by atoms with Crippen LogP contribution in [0.3, 0.4) is 0 Å². The Morgan fingerprint density at radius 1 is 1.05 bits per heavy atom. The standard InChI is InChI=1S/C16H26N2O/c1-13(2)12-17-8-10-18(11-9-17)16-7-5-4-6-15(16)14(3)19/h4-7,13-14,19H,8-12H2,1-3H3. The third-order valence-corrected chi connectivity index (χ3v) is 3.72. The molecule has 1 aliphatic heterocycles. The molecule has 0 aromatic heterocycles. The number of hydrogen-bond donors (Lipinski definition) is 1. The van der Waals surface area contributed by atoms with Crippen LogP contribution in [-0.2, 0) is 0 Å². The number of nitrogens with zero attached hydrogens (tertiary/aromatic N) is 2. The summed E-state index contributed by atoms with van der Waals surface area (Å²) in [6, 6.07) is 8.21. The summed E-state index contributed by atoms with van der Waals surface area (Å²) in [5.41, 5.74) is 2.24. The number of hydrogen-bond acceptors (Lipinski definition) is 3. The molecule has 1 N–H and O–H groups in total. The van der Waals surface area contributed by atoms with E-state index in [1.165, 1.54) is 12.2 Å². The first-order valence-electron chi connectivity index (χ1n) is 7.32. The lowest BCUT2D eigenvalue weighted by Gasteiger charge is -2.38. The van der Waals surface area contributed by atoms with Crippen LogP contribution >= 0.6 is 0 Å². The smallest absolute Gasteiger partial charge is 0.0781 e. The number of piperazine rings is 1. The maximum atomic E-state index is 9.87. The fraction of sp³-hybridized carbons (Fsp3) is 0.625. The Hall–Kier alpha value is -1.06. The van der Waals surface area contributed by atoms with E-state index >= 15 is 0 Å². The largest absolute Gasteiger partial charge is 0.389 e. The molecule has 0 saturated carbocycles. The second kappa shape index (κ2) is 6.40.